The Morgan fingerprint density at radius 3 is 1.35 bits per heavy atom. The Morgan fingerprint density at radius 1 is 0.565 bits per heavy atom. The largest absolute Gasteiger partial charge is 0.316 e. The van der Waals surface area contributed by atoms with Crippen LogP contribution in [0.3, 0.4) is 0 Å². The van der Waals surface area contributed by atoms with Crippen molar-refractivity contribution in [2.24, 2.45) is 0 Å². The fourth-order valence-corrected chi connectivity index (χ4v) is 2.68. The van der Waals surface area contributed by atoms with E-state index in [1.165, 1.54) is 51.4 Å². The second-order valence-corrected chi connectivity index (χ2v) is 6.66. The van der Waals surface area contributed by atoms with Crippen LogP contribution in [-0.4, -0.2) is 24.7 Å². The number of carbonyl (C=O) groups excluding carboxylic acids is 2. The van der Waals surface area contributed by atoms with Crippen molar-refractivity contribution >= 4 is 11.6 Å². The molecule has 0 heterocycles. The van der Waals surface area contributed by atoms with Gasteiger partial charge < -0.3 is 5.32 Å². The van der Waals surface area contributed by atoms with E-state index in [4.69, 9.17) is 0 Å². The molecule has 0 saturated heterocycles. The highest BCUT2D eigenvalue weighted by molar-refractivity contribution is 5.79. The van der Waals surface area contributed by atoms with Gasteiger partial charge in [0.05, 0.1) is 0 Å². The molecule has 0 aromatic carbocycles. The summed E-state index contributed by atoms with van der Waals surface area (Å²) in [5, 5.41) is 3.23. The fourth-order valence-electron chi connectivity index (χ4n) is 2.68. The second kappa shape index (κ2) is 17.7. The van der Waals surface area contributed by atoms with Crippen LogP contribution in [-0.2, 0) is 9.59 Å². The average molecular weight is 326 g/mol. The van der Waals surface area contributed by atoms with E-state index in [-0.39, 0.29) is 0 Å². The van der Waals surface area contributed by atoms with Crippen LogP contribution in [0.4, 0.5) is 0 Å². The molecule has 0 aliphatic rings. The monoisotopic (exact) mass is 325 g/mol. The van der Waals surface area contributed by atoms with E-state index in [1.54, 1.807) is 0 Å². The van der Waals surface area contributed by atoms with Gasteiger partial charge in [-0.3, -0.25) is 9.59 Å². The van der Waals surface area contributed by atoms with Crippen molar-refractivity contribution in [3.8, 4) is 0 Å². The van der Waals surface area contributed by atoms with Crippen molar-refractivity contribution in [3.63, 3.8) is 0 Å². The molecule has 136 valence electrons. The summed E-state index contributed by atoms with van der Waals surface area (Å²) in [6, 6.07) is 0. The van der Waals surface area contributed by atoms with Gasteiger partial charge in [-0.25, -0.2) is 0 Å². The molecule has 0 aliphatic heterocycles. The standard InChI is InChI=1S/C20H39NO2/c1-3-5-7-9-11-13-19(22)15-17-21-18-16-20(23)14-12-10-8-6-4-2/h21H,3-18H2,1-2H3. The zero-order valence-corrected chi connectivity index (χ0v) is 15.6. The maximum atomic E-state index is 11.7. The predicted octanol–water partition coefficient (Wildman–Crippen LogP) is 5.22. The fraction of sp³-hybridized carbons (Fsp3) is 0.900. The molecular weight excluding hydrogens is 286 g/mol. The first kappa shape index (κ1) is 22.3. The van der Waals surface area contributed by atoms with Crippen molar-refractivity contribution in [2.75, 3.05) is 13.1 Å². The Labute approximate surface area is 144 Å². The highest BCUT2D eigenvalue weighted by Gasteiger charge is 2.03. The van der Waals surface area contributed by atoms with E-state index in [1.807, 2.05) is 0 Å². The summed E-state index contributed by atoms with van der Waals surface area (Å²) in [4.78, 5) is 23.4. The topological polar surface area (TPSA) is 46.2 Å². The summed E-state index contributed by atoms with van der Waals surface area (Å²) in [5.74, 6) is 0.715. The molecule has 0 aromatic heterocycles. The molecule has 0 fully saturated rings. The number of hydrogen-bond donors (Lipinski definition) is 1. The van der Waals surface area contributed by atoms with Crippen LogP contribution in [0.5, 0.6) is 0 Å². The summed E-state index contributed by atoms with van der Waals surface area (Å²) in [6.45, 7) is 5.84. The van der Waals surface area contributed by atoms with Crippen molar-refractivity contribution in [3.05, 3.63) is 0 Å². The van der Waals surface area contributed by atoms with E-state index >= 15 is 0 Å². The number of hydrogen-bond acceptors (Lipinski definition) is 3. The summed E-state index contributed by atoms with van der Waals surface area (Å²) in [7, 11) is 0. The van der Waals surface area contributed by atoms with Gasteiger partial charge >= 0.3 is 0 Å². The predicted molar refractivity (Wildman–Crippen MR) is 98.9 cm³/mol. The van der Waals surface area contributed by atoms with Crippen LogP contribution in [0.15, 0.2) is 0 Å². The van der Waals surface area contributed by atoms with Gasteiger partial charge in [0.15, 0.2) is 0 Å². The highest BCUT2D eigenvalue weighted by Crippen LogP contribution is 2.07. The van der Waals surface area contributed by atoms with Gasteiger partial charge in [0.25, 0.3) is 0 Å². The van der Waals surface area contributed by atoms with Crippen LogP contribution in [0.25, 0.3) is 0 Å². The molecule has 0 radical (unpaired) electrons. The van der Waals surface area contributed by atoms with Crippen LogP contribution in [0.1, 0.15) is 104 Å². The third-order valence-corrected chi connectivity index (χ3v) is 4.28. The summed E-state index contributed by atoms with van der Waals surface area (Å²) in [6.07, 6.45) is 14.7. The molecule has 0 rings (SSSR count). The molecule has 0 aliphatic carbocycles. The van der Waals surface area contributed by atoms with E-state index in [2.05, 4.69) is 19.2 Å². The molecule has 0 amide bonds. The van der Waals surface area contributed by atoms with Gasteiger partial charge in [0.1, 0.15) is 11.6 Å². The molecule has 1 N–H and O–H groups in total. The lowest BCUT2D eigenvalue weighted by atomic mass is 10.1. The number of ketones is 2. The Hall–Kier alpha value is -0.700. The van der Waals surface area contributed by atoms with E-state index in [9.17, 15) is 9.59 Å². The van der Waals surface area contributed by atoms with Gasteiger partial charge in [-0.15, -0.1) is 0 Å². The smallest absolute Gasteiger partial charge is 0.134 e. The van der Waals surface area contributed by atoms with E-state index in [0.717, 1.165) is 38.8 Å². The Bertz CT molecular complexity index is 261. The van der Waals surface area contributed by atoms with Gasteiger partial charge in [-0.05, 0) is 12.8 Å². The van der Waals surface area contributed by atoms with Crippen molar-refractivity contribution < 1.29 is 9.59 Å². The molecule has 0 bridgehead atoms. The minimum atomic E-state index is 0.358. The Kier molecular flexibility index (Phi) is 17.1. The first-order valence-electron chi connectivity index (χ1n) is 9.94. The second-order valence-electron chi connectivity index (χ2n) is 6.66. The van der Waals surface area contributed by atoms with Crippen LogP contribution in [0.2, 0.25) is 0 Å². The minimum absolute atomic E-state index is 0.358. The molecule has 0 saturated carbocycles. The van der Waals surface area contributed by atoms with Gasteiger partial charge in [0, 0.05) is 38.8 Å². The number of carbonyl (C=O) groups is 2. The van der Waals surface area contributed by atoms with E-state index < -0.39 is 0 Å². The van der Waals surface area contributed by atoms with Crippen molar-refractivity contribution in [1.82, 2.24) is 5.32 Å². The Morgan fingerprint density at radius 2 is 0.957 bits per heavy atom. The minimum Gasteiger partial charge on any atom is -0.316 e. The summed E-state index contributed by atoms with van der Waals surface area (Å²) < 4.78 is 0. The maximum Gasteiger partial charge on any atom is 0.134 e. The van der Waals surface area contributed by atoms with Crippen molar-refractivity contribution in [2.45, 2.75) is 104 Å². The first-order valence-corrected chi connectivity index (χ1v) is 9.94. The zero-order chi connectivity index (χ0) is 17.2. The molecule has 0 atom stereocenters. The lowest BCUT2D eigenvalue weighted by Gasteiger charge is -2.05. The number of unbranched alkanes of at least 4 members (excludes halogenated alkanes) is 8. The van der Waals surface area contributed by atoms with Gasteiger partial charge in [-0.2, -0.15) is 0 Å². The summed E-state index contributed by atoms with van der Waals surface area (Å²) in [5.41, 5.74) is 0. The molecule has 3 nitrogen and oxygen atoms in total. The molecule has 23 heavy (non-hydrogen) atoms. The highest BCUT2D eigenvalue weighted by atomic mass is 16.1. The molecule has 0 spiro atoms. The van der Waals surface area contributed by atoms with E-state index in [0.29, 0.717) is 24.4 Å². The van der Waals surface area contributed by atoms with Crippen LogP contribution >= 0.6 is 0 Å². The van der Waals surface area contributed by atoms with Gasteiger partial charge in [0.2, 0.25) is 0 Å². The third kappa shape index (κ3) is 17.5. The van der Waals surface area contributed by atoms with Crippen LogP contribution < -0.4 is 5.32 Å². The SMILES string of the molecule is CCCCCCCC(=O)CCNCCC(=O)CCCCCCC. The number of nitrogens with one attached hydrogen (secondary N) is 1. The van der Waals surface area contributed by atoms with Gasteiger partial charge in [-0.1, -0.05) is 65.2 Å². The zero-order valence-electron chi connectivity index (χ0n) is 15.6. The first-order chi connectivity index (χ1) is 11.2. The quantitative estimate of drug-likeness (QED) is 0.352. The number of Topliss-reactive ketones (excluding diaryl/α,β-unsaturated/α-hetero) is 2. The lowest BCUT2D eigenvalue weighted by Crippen LogP contribution is -2.21. The lowest BCUT2D eigenvalue weighted by molar-refractivity contribution is -0.119. The van der Waals surface area contributed by atoms with Crippen LogP contribution in [0, 0.1) is 0 Å². The molecular formula is C20H39NO2. The molecule has 0 aromatic rings. The maximum absolute atomic E-state index is 11.7. The summed E-state index contributed by atoms with van der Waals surface area (Å²) >= 11 is 0. The third-order valence-electron chi connectivity index (χ3n) is 4.28. The number of rotatable bonds is 18. The molecule has 3 heteroatoms. The average Bonchev–Trinajstić information content (AvgIpc) is 2.54. The molecule has 0 unspecified atom stereocenters. The normalized spacial score (nSPS) is 10.9. The Balaban J connectivity index is 3.30. The van der Waals surface area contributed by atoms with Crippen molar-refractivity contribution in [1.29, 1.82) is 0 Å².